The fourth-order valence-corrected chi connectivity index (χ4v) is 3.22. The van der Waals surface area contributed by atoms with Gasteiger partial charge in [0, 0.05) is 26.7 Å². The molecule has 0 amide bonds. The first-order chi connectivity index (χ1) is 9.39. The minimum Gasteiger partial charge on any atom is -0.396 e. The lowest BCUT2D eigenvalue weighted by molar-refractivity contribution is 0.301. The third-order valence-corrected chi connectivity index (χ3v) is 5.31. The minimum atomic E-state index is -3.56. The van der Waals surface area contributed by atoms with E-state index in [0.29, 0.717) is 18.3 Å². The van der Waals surface area contributed by atoms with E-state index in [1.165, 1.54) is 20.2 Å². The van der Waals surface area contributed by atoms with Gasteiger partial charge < -0.3 is 15.7 Å². The van der Waals surface area contributed by atoms with Crippen molar-refractivity contribution in [3.05, 3.63) is 18.2 Å². The second-order valence-corrected chi connectivity index (χ2v) is 7.24. The number of aliphatic hydroxyl groups excluding tert-OH is 1. The lowest BCUT2D eigenvalue weighted by Crippen LogP contribution is -2.30. The summed E-state index contributed by atoms with van der Waals surface area (Å²) in [7, 11) is -0.605. The van der Waals surface area contributed by atoms with Crippen LogP contribution in [0.4, 0.5) is 11.4 Å². The van der Waals surface area contributed by atoms with E-state index in [2.05, 4.69) is 0 Å². The Balaban J connectivity index is 2.46. The van der Waals surface area contributed by atoms with E-state index in [0.717, 1.165) is 17.1 Å². The average molecular weight is 299 g/mol. The van der Waals surface area contributed by atoms with Crippen LogP contribution in [-0.4, -0.2) is 51.1 Å². The van der Waals surface area contributed by atoms with Crippen LogP contribution < -0.4 is 10.6 Å². The van der Waals surface area contributed by atoms with Gasteiger partial charge in [-0.25, -0.2) is 12.7 Å². The summed E-state index contributed by atoms with van der Waals surface area (Å²) in [5.74, 6) is 0. The topological polar surface area (TPSA) is 86.9 Å². The summed E-state index contributed by atoms with van der Waals surface area (Å²) in [4.78, 5) is 2.10. The molecular formula is C13H21N3O3S. The number of anilines is 2. The maximum Gasteiger partial charge on any atom is 0.244 e. The molecule has 0 aromatic heterocycles. The Morgan fingerprint density at radius 2 is 2.00 bits per heavy atom. The molecular weight excluding hydrogens is 278 g/mol. The second-order valence-electron chi connectivity index (χ2n) is 5.12. The summed E-state index contributed by atoms with van der Waals surface area (Å²) in [6, 6.07) is 5.35. The van der Waals surface area contributed by atoms with Gasteiger partial charge >= 0.3 is 0 Å². The van der Waals surface area contributed by atoms with E-state index in [1.807, 2.05) is 4.90 Å². The van der Waals surface area contributed by atoms with E-state index >= 15 is 0 Å². The molecule has 0 saturated heterocycles. The van der Waals surface area contributed by atoms with Gasteiger partial charge in [-0.15, -0.1) is 0 Å². The molecule has 1 fully saturated rings. The number of aliphatic hydroxyl groups is 1. The first-order valence-corrected chi connectivity index (χ1v) is 8.02. The van der Waals surface area contributed by atoms with Gasteiger partial charge in [-0.2, -0.15) is 0 Å². The molecule has 7 heteroatoms. The van der Waals surface area contributed by atoms with Crippen LogP contribution in [0.1, 0.15) is 12.8 Å². The molecule has 0 unspecified atom stereocenters. The molecule has 2 rings (SSSR count). The van der Waals surface area contributed by atoms with E-state index < -0.39 is 10.0 Å². The number of para-hydroxylation sites is 1. The smallest absolute Gasteiger partial charge is 0.244 e. The van der Waals surface area contributed by atoms with Crippen LogP contribution in [0.25, 0.3) is 0 Å². The average Bonchev–Trinajstić information content (AvgIpc) is 3.20. The fraction of sp³-hybridized carbons (Fsp3) is 0.538. The number of nitrogen functional groups attached to an aromatic ring is 1. The predicted molar refractivity (Wildman–Crippen MR) is 79.2 cm³/mol. The van der Waals surface area contributed by atoms with Crippen LogP contribution in [0.15, 0.2) is 23.1 Å². The maximum atomic E-state index is 12.2. The Bertz CT molecular complexity index is 583. The zero-order valence-electron chi connectivity index (χ0n) is 11.8. The van der Waals surface area contributed by atoms with Crippen molar-refractivity contribution in [1.82, 2.24) is 4.31 Å². The van der Waals surface area contributed by atoms with Crippen molar-refractivity contribution in [2.75, 3.05) is 37.9 Å². The zero-order valence-corrected chi connectivity index (χ0v) is 12.6. The zero-order chi connectivity index (χ0) is 14.9. The van der Waals surface area contributed by atoms with Crippen LogP contribution in [0.3, 0.4) is 0 Å². The molecule has 6 nitrogen and oxygen atoms in total. The summed E-state index contributed by atoms with van der Waals surface area (Å²) >= 11 is 0. The number of hydrogen-bond donors (Lipinski definition) is 2. The van der Waals surface area contributed by atoms with Gasteiger partial charge in [-0.3, -0.25) is 0 Å². The Kier molecular flexibility index (Phi) is 4.22. The van der Waals surface area contributed by atoms with Crippen molar-refractivity contribution in [3.63, 3.8) is 0 Å². The van der Waals surface area contributed by atoms with E-state index in [1.54, 1.807) is 12.1 Å². The molecule has 0 spiro atoms. The van der Waals surface area contributed by atoms with Crippen LogP contribution in [-0.2, 0) is 10.0 Å². The van der Waals surface area contributed by atoms with E-state index in [4.69, 9.17) is 5.73 Å². The summed E-state index contributed by atoms with van der Waals surface area (Å²) in [6.07, 6.45) is 2.09. The highest BCUT2D eigenvalue weighted by molar-refractivity contribution is 7.89. The quantitative estimate of drug-likeness (QED) is 0.746. The molecule has 112 valence electrons. The SMILES string of the molecule is CN(C)S(=O)(=O)c1cccc(N(CCO)C2CC2)c1N. The van der Waals surface area contributed by atoms with E-state index in [9.17, 15) is 13.5 Å². The standard InChI is InChI=1S/C13H21N3O3S/c1-15(2)20(18,19)12-5-3-4-11(13(12)14)16(8-9-17)10-6-7-10/h3-5,10,17H,6-9,14H2,1-2H3. The predicted octanol–water partition coefficient (Wildman–Crippen LogP) is 0.480. The maximum absolute atomic E-state index is 12.2. The number of nitrogens with two attached hydrogens (primary N) is 1. The Morgan fingerprint density at radius 1 is 1.35 bits per heavy atom. The van der Waals surface area contributed by atoms with Gasteiger partial charge in [0.15, 0.2) is 0 Å². The summed E-state index contributed by atoms with van der Waals surface area (Å²) < 4.78 is 25.6. The van der Waals surface area contributed by atoms with Gasteiger partial charge in [-0.05, 0) is 25.0 Å². The largest absolute Gasteiger partial charge is 0.396 e. The number of nitrogens with zero attached hydrogens (tertiary/aromatic N) is 2. The molecule has 1 aromatic rings. The van der Waals surface area contributed by atoms with Crippen LogP contribution in [0.5, 0.6) is 0 Å². The number of benzene rings is 1. The fourth-order valence-electron chi connectivity index (χ4n) is 2.20. The van der Waals surface area contributed by atoms with Crippen molar-refractivity contribution >= 4 is 21.4 Å². The van der Waals surface area contributed by atoms with Crippen molar-refractivity contribution in [1.29, 1.82) is 0 Å². The van der Waals surface area contributed by atoms with Gasteiger partial charge in [0.2, 0.25) is 10.0 Å². The van der Waals surface area contributed by atoms with Gasteiger partial charge in [0.05, 0.1) is 18.0 Å². The summed E-state index contributed by atoms with van der Waals surface area (Å²) in [5.41, 5.74) is 7.01. The lowest BCUT2D eigenvalue weighted by Gasteiger charge is -2.26. The third kappa shape index (κ3) is 2.74. The minimum absolute atomic E-state index is 0.0145. The highest BCUT2D eigenvalue weighted by Crippen LogP contribution is 2.37. The summed E-state index contributed by atoms with van der Waals surface area (Å²) in [5, 5.41) is 9.17. The van der Waals surface area contributed by atoms with Gasteiger partial charge in [-0.1, -0.05) is 6.07 Å². The first kappa shape index (κ1) is 15.1. The van der Waals surface area contributed by atoms with Crippen molar-refractivity contribution < 1.29 is 13.5 Å². The van der Waals surface area contributed by atoms with Crippen molar-refractivity contribution in [2.45, 2.75) is 23.8 Å². The molecule has 1 aliphatic rings. The lowest BCUT2D eigenvalue weighted by atomic mass is 10.2. The molecule has 1 aromatic carbocycles. The molecule has 20 heavy (non-hydrogen) atoms. The number of sulfonamides is 1. The second kappa shape index (κ2) is 5.59. The van der Waals surface area contributed by atoms with Crippen molar-refractivity contribution in [2.24, 2.45) is 0 Å². The van der Waals surface area contributed by atoms with Gasteiger partial charge in [0.25, 0.3) is 0 Å². The van der Waals surface area contributed by atoms with Crippen LogP contribution >= 0.6 is 0 Å². The molecule has 0 bridgehead atoms. The first-order valence-electron chi connectivity index (χ1n) is 6.58. The monoisotopic (exact) mass is 299 g/mol. The molecule has 0 aliphatic heterocycles. The normalized spacial score (nSPS) is 15.6. The highest BCUT2D eigenvalue weighted by atomic mass is 32.2. The molecule has 0 radical (unpaired) electrons. The van der Waals surface area contributed by atoms with Crippen molar-refractivity contribution in [3.8, 4) is 0 Å². The third-order valence-electron chi connectivity index (χ3n) is 3.44. The molecule has 1 aliphatic carbocycles. The molecule has 0 atom stereocenters. The van der Waals surface area contributed by atoms with Crippen LogP contribution in [0, 0.1) is 0 Å². The van der Waals surface area contributed by atoms with Gasteiger partial charge in [0.1, 0.15) is 4.90 Å². The molecule has 3 N–H and O–H groups in total. The van der Waals surface area contributed by atoms with Crippen LogP contribution in [0.2, 0.25) is 0 Å². The Hall–Kier alpha value is -1.31. The Labute approximate surface area is 119 Å². The number of rotatable bonds is 6. The molecule has 1 saturated carbocycles. The molecule has 0 heterocycles. The number of hydrogen-bond acceptors (Lipinski definition) is 5. The van der Waals surface area contributed by atoms with E-state index in [-0.39, 0.29) is 17.2 Å². The summed E-state index contributed by atoms with van der Waals surface area (Å²) in [6.45, 7) is 0.473. The Morgan fingerprint density at radius 3 is 2.50 bits per heavy atom. The highest BCUT2D eigenvalue weighted by Gasteiger charge is 2.31.